The number of hydrogen-bond donors (Lipinski definition) is 1. The summed E-state index contributed by atoms with van der Waals surface area (Å²) in [6.07, 6.45) is 4.25. The summed E-state index contributed by atoms with van der Waals surface area (Å²) in [5.74, 6) is 0.813. The van der Waals surface area contributed by atoms with E-state index in [2.05, 4.69) is 23.7 Å². The zero-order valence-corrected chi connectivity index (χ0v) is 16.0. The van der Waals surface area contributed by atoms with Crippen LogP contribution >= 0.6 is 0 Å². The summed E-state index contributed by atoms with van der Waals surface area (Å²) in [5.41, 5.74) is 2.93. The summed E-state index contributed by atoms with van der Waals surface area (Å²) in [6.45, 7) is 10.4. The molecule has 2 heterocycles. The molecule has 1 aliphatic heterocycles. The summed E-state index contributed by atoms with van der Waals surface area (Å²) >= 11 is 0. The summed E-state index contributed by atoms with van der Waals surface area (Å²) in [5, 5.41) is 3.07. The van der Waals surface area contributed by atoms with Crippen molar-refractivity contribution in [1.29, 1.82) is 0 Å². The third-order valence-corrected chi connectivity index (χ3v) is 5.57. The van der Waals surface area contributed by atoms with Crippen molar-refractivity contribution in [3.63, 3.8) is 0 Å². The molecule has 1 aromatic heterocycles. The minimum absolute atomic E-state index is 0.0648. The maximum absolute atomic E-state index is 13.0. The summed E-state index contributed by atoms with van der Waals surface area (Å²) in [6, 6.07) is 2.33. The van der Waals surface area contributed by atoms with Gasteiger partial charge in [0.25, 0.3) is 5.91 Å². The van der Waals surface area contributed by atoms with E-state index in [1.807, 2.05) is 24.8 Å². The minimum Gasteiger partial charge on any atom is -0.356 e. The molecule has 1 N–H and O–H groups in total. The van der Waals surface area contributed by atoms with Gasteiger partial charge in [0.15, 0.2) is 0 Å². The van der Waals surface area contributed by atoms with Crippen molar-refractivity contribution < 1.29 is 9.59 Å². The molecule has 1 saturated heterocycles. The van der Waals surface area contributed by atoms with E-state index in [9.17, 15) is 9.59 Å². The second-order valence-electron chi connectivity index (χ2n) is 8.03. The van der Waals surface area contributed by atoms with E-state index in [0.717, 1.165) is 42.9 Å². The highest BCUT2D eigenvalue weighted by Crippen LogP contribution is 2.28. The van der Waals surface area contributed by atoms with Crippen LogP contribution in [-0.2, 0) is 4.79 Å². The largest absolute Gasteiger partial charge is 0.356 e. The molecule has 0 spiro atoms. The second-order valence-corrected chi connectivity index (χ2v) is 8.03. The van der Waals surface area contributed by atoms with Crippen LogP contribution in [0.2, 0.25) is 0 Å². The number of aromatic nitrogens is 1. The molecule has 2 aliphatic rings. The van der Waals surface area contributed by atoms with E-state index in [0.29, 0.717) is 18.5 Å². The normalized spacial score (nSPS) is 20.8. The third-order valence-electron chi connectivity index (χ3n) is 5.57. The monoisotopic (exact) mass is 345 g/mol. The first-order valence-corrected chi connectivity index (χ1v) is 9.64. The lowest BCUT2D eigenvalue weighted by atomic mass is 9.96. The van der Waals surface area contributed by atoms with Gasteiger partial charge in [-0.3, -0.25) is 9.59 Å². The number of likely N-dealkylation sites (tertiary alicyclic amines) is 1. The number of carbonyl (C=O) groups excluding carboxylic acids is 2. The zero-order valence-electron chi connectivity index (χ0n) is 16.0. The van der Waals surface area contributed by atoms with Gasteiger partial charge in [-0.25, -0.2) is 0 Å². The van der Waals surface area contributed by atoms with Gasteiger partial charge in [0.1, 0.15) is 0 Å². The fourth-order valence-corrected chi connectivity index (χ4v) is 4.05. The van der Waals surface area contributed by atoms with Crippen LogP contribution in [0.1, 0.15) is 67.3 Å². The molecule has 3 rings (SSSR count). The minimum atomic E-state index is -0.0648. The van der Waals surface area contributed by atoms with E-state index >= 15 is 0 Å². The van der Waals surface area contributed by atoms with Crippen LogP contribution in [0.5, 0.6) is 0 Å². The zero-order chi connectivity index (χ0) is 18.1. The number of carbonyl (C=O) groups is 2. The van der Waals surface area contributed by atoms with E-state index in [1.165, 1.54) is 12.8 Å². The first-order chi connectivity index (χ1) is 11.9. The van der Waals surface area contributed by atoms with Crippen LogP contribution in [-0.4, -0.2) is 40.9 Å². The van der Waals surface area contributed by atoms with Gasteiger partial charge in [-0.15, -0.1) is 0 Å². The Labute approximate surface area is 150 Å². The molecule has 138 valence electrons. The summed E-state index contributed by atoms with van der Waals surface area (Å²) in [7, 11) is 0. The number of nitrogens with zero attached hydrogens (tertiary/aromatic N) is 2. The molecule has 1 atom stereocenters. The molecule has 1 aromatic rings. The van der Waals surface area contributed by atoms with Gasteiger partial charge in [-0.05, 0) is 65.4 Å². The molecule has 0 radical (unpaired) electrons. The Morgan fingerprint density at radius 2 is 1.96 bits per heavy atom. The predicted molar refractivity (Wildman–Crippen MR) is 98.7 cm³/mol. The quantitative estimate of drug-likeness (QED) is 0.892. The van der Waals surface area contributed by atoms with Crippen molar-refractivity contribution in [2.45, 2.75) is 59.4 Å². The van der Waals surface area contributed by atoms with Gasteiger partial charge < -0.3 is 14.8 Å². The SMILES string of the molecule is Cc1cc(C(=O)N2CCCC(C(=O)NCC3CC3)C2)c(C)n1C(C)C. The third kappa shape index (κ3) is 3.91. The molecule has 2 amide bonds. The molecule has 1 saturated carbocycles. The number of nitrogens with one attached hydrogen (secondary N) is 1. The molecule has 1 unspecified atom stereocenters. The van der Waals surface area contributed by atoms with Crippen LogP contribution in [0.25, 0.3) is 0 Å². The number of piperidine rings is 1. The lowest BCUT2D eigenvalue weighted by Gasteiger charge is -2.32. The Morgan fingerprint density at radius 3 is 2.56 bits per heavy atom. The van der Waals surface area contributed by atoms with Crippen molar-refractivity contribution >= 4 is 11.8 Å². The average Bonchev–Trinajstić information content (AvgIpc) is 3.36. The summed E-state index contributed by atoms with van der Waals surface area (Å²) in [4.78, 5) is 27.3. The van der Waals surface area contributed by atoms with Crippen LogP contribution in [0.15, 0.2) is 6.07 Å². The van der Waals surface area contributed by atoms with E-state index < -0.39 is 0 Å². The van der Waals surface area contributed by atoms with Crippen molar-refractivity contribution in [2.75, 3.05) is 19.6 Å². The molecule has 0 aromatic carbocycles. The highest BCUT2D eigenvalue weighted by Gasteiger charge is 2.31. The second kappa shape index (κ2) is 7.22. The Morgan fingerprint density at radius 1 is 1.24 bits per heavy atom. The maximum atomic E-state index is 13.0. The highest BCUT2D eigenvalue weighted by molar-refractivity contribution is 5.96. The smallest absolute Gasteiger partial charge is 0.255 e. The Hall–Kier alpha value is -1.78. The number of aryl methyl sites for hydroxylation is 1. The topological polar surface area (TPSA) is 54.3 Å². The van der Waals surface area contributed by atoms with Crippen molar-refractivity contribution in [3.8, 4) is 0 Å². The predicted octanol–water partition coefficient (Wildman–Crippen LogP) is 3.06. The number of hydrogen-bond acceptors (Lipinski definition) is 2. The standard InChI is InChI=1S/C20H31N3O2/c1-13(2)23-14(3)10-18(15(23)4)20(25)22-9-5-6-17(12-22)19(24)21-11-16-7-8-16/h10,13,16-17H,5-9,11-12H2,1-4H3,(H,21,24). The molecule has 5 nitrogen and oxygen atoms in total. The molecular formula is C20H31N3O2. The van der Waals surface area contributed by atoms with Gasteiger partial charge in [0.2, 0.25) is 5.91 Å². The van der Waals surface area contributed by atoms with Gasteiger partial charge in [-0.2, -0.15) is 0 Å². The first kappa shape index (κ1) is 18.0. The Balaban J connectivity index is 1.67. The van der Waals surface area contributed by atoms with Crippen LogP contribution in [0.3, 0.4) is 0 Å². The van der Waals surface area contributed by atoms with Gasteiger partial charge >= 0.3 is 0 Å². The van der Waals surface area contributed by atoms with Gasteiger partial charge in [-0.1, -0.05) is 0 Å². The fourth-order valence-electron chi connectivity index (χ4n) is 4.05. The van der Waals surface area contributed by atoms with Crippen molar-refractivity contribution in [2.24, 2.45) is 11.8 Å². The summed E-state index contributed by atoms with van der Waals surface area (Å²) < 4.78 is 2.21. The van der Waals surface area contributed by atoms with E-state index in [-0.39, 0.29) is 17.7 Å². The first-order valence-electron chi connectivity index (χ1n) is 9.64. The Bertz CT molecular complexity index is 658. The van der Waals surface area contributed by atoms with Gasteiger partial charge in [0, 0.05) is 37.1 Å². The van der Waals surface area contributed by atoms with Crippen molar-refractivity contribution in [1.82, 2.24) is 14.8 Å². The van der Waals surface area contributed by atoms with E-state index in [4.69, 9.17) is 0 Å². The molecule has 25 heavy (non-hydrogen) atoms. The van der Waals surface area contributed by atoms with Crippen molar-refractivity contribution in [3.05, 3.63) is 23.0 Å². The van der Waals surface area contributed by atoms with E-state index in [1.54, 1.807) is 0 Å². The lowest BCUT2D eigenvalue weighted by Crippen LogP contribution is -2.45. The highest BCUT2D eigenvalue weighted by atomic mass is 16.2. The Kier molecular flexibility index (Phi) is 5.21. The molecule has 0 bridgehead atoms. The van der Waals surface area contributed by atoms with Crippen LogP contribution in [0.4, 0.5) is 0 Å². The molecule has 2 fully saturated rings. The average molecular weight is 345 g/mol. The molecular weight excluding hydrogens is 314 g/mol. The van der Waals surface area contributed by atoms with Gasteiger partial charge in [0.05, 0.1) is 11.5 Å². The maximum Gasteiger partial charge on any atom is 0.255 e. The van der Waals surface area contributed by atoms with Crippen LogP contribution in [0, 0.1) is 25.7 Å². The number of rotatable bonds is 5. The van der Waals surface area contributed by atoms with Crippen LogP contribution < -0.4 is 5.32 Å². The molecule has 1 aliphatic carbocycles. The fraction of sp³-hybridized carbons (Fsp3) is 0.700. The molecule has 5 heteroatoms. The lowest BCUT2D eigenvalue weighted by molar-refractivity contribution is -0.126. The number of amides is 2.